The zero-order valence-electron chi connectivity index (χ0n) is 40.5. The Labute approximate surface area is 381 Å². The number of carbonyl (C=O) groups is 1. The molecule has 19 atom stereocenters. The van der Waals surface area contributed by atoms with Crippen LogP contribution in [0.5, 0.6) is 0 Å². The summed E-state index contributed by atoms with van der Waals surface area (Å²) in [4.78, 5) is 14.4. The molecule has 1 spiro atoms. The Kier molecular flexibility index (Phi) is 14.6. The Balaban J connectivity index is 1.21. The third kappa shape index (κ3) is 9.52. The van der Waals surface area contributed by atoms with Crippen LogP contribution in [0.25, 0.3) is 0 Å². The maximum atomic E-state index is 14.4. The molecule has 0 aromatic rings. The number of hydrogen-bond donors (Lipinski definition) is 3. The second-order valence-electron chi connectivity index (χ2n) is 21.0. The Morgan fingerprint density at radius 2 is 1.53 bits per heavy atom. The number of fused-ring (bicyclic) bond motifs is 2. The van der Waals surface area contributed by atoms with Crippen molar-refractivity contribution in [2.24, 2.45) is 23.7 Å². The van der Waals surface area contributed by atoms with Crippen molar-refractivity contribution < 1.29 is 67.5 Å². The lowest BCUT2D eigenvalue weighted by molar-refractivity contribution is -0.375. The average molecular weight is 903 g/mol. The highest BCUT2D eigenvalue weighted by atomic mass is 16.8. The van der Waals surface area contributed by atoms with E-state index in [-0.39, 0.29) is 24.5 Å². The third-order valence-corrected chi connectivity index (χ3v) is 15.9. The first-order chi connectivity index (χ1) is 30.0. The standard InChI is InChI=1S/C50H78O14/c1-27(2)48(11)31(6)19-20-49(64-48)23-36-22-35(61-49)18-17-29(4)42(28(3)15-14-16-34-26-57-44-40(51)30(5)21-37(45(53)58-36)50(34,44)54)62-47(10)25-39(56-13)43(33(8)60-47)63-46(9)24-38(55-12)41(52)32(7)59-46/h14-17,21,27-28,31-33,35-44,51-52,54H,18-20,22-26H2,1-13H3/b15-14+,29-17+,34-16+/t28-,31?,32-,33-,35+,36?,37-,38-,39-,40+,41?,42?,43?,44+,46-,47-,48+,49+,50+/m0/s1. The van der Waals surface area contributed by atoms with Gasteiger partial charge in [0, 0.05) is 52.2 Å². The zero-order chi connectivity index (χ0) is 46.7. The first-order valence-corrected chi connectivity index (χ1v) is 23.8. The third-order valence-electron chi connectivity index (χ3n) is 15.9. The molecule has 0 amide bonds. The van der Waals surface area contributed by atoms with Crippen molar-refractivity contribution in [1.29, 1.82) is 0 Å². The van der Waals surface area contributed by atoms with E-state index in [0.717, 1.165) is 12.0 Å². The summed E-state index contributed by atoms with van der Waals surface area (Å²) in [6, 6.07) is 0. The number of carbonyl (C=O) groups excluding carboxylic acids is 1. The molecule has 0 aromatic carbocycles. The lowest BCUT2D eigenvalue weighted by atomic mass is 9.71. The van der Waals surface area contributed by atoms with Crippen molar-refractivity contribution in [1.82, 2.24) is 0 Å². The lowest BCUT2D eigenvalue weighted by Gasteiger charge is -2.55. The Morgan fingerprint density at radius 1 is 0.859 bits per heavy atom. The number of aliphatic hydroxyl groups excluding tert-OH is 2. The predicted molar refractivity (Wildman–Crippen MR) is 237 cm³/mol. The highest BCUT2D eigenvalue weighted by Gasteiger charge is 2.61. The van der Waals surface area contributed by atoms with Crippen molar-refractivity contribution in [3.8, 4) is 0 Å². The van der Waals surface area contributed by atoms with Gasteiger partial charge in [0.05, 0.1) is 48.8 Å². The van der Waals surface area contributed by atoms with Gasteiger partial charge in [0.25, 0.3) is 0 Å². The molecule has 7 aliphatic rings. The van der Waals surface area contributed by atoms with E-state index in [9.17, 15) is 20.1 Å². The molecule has 2 bridgehead atoms. The largest absolute Gasteiger partial charge is 0.462 e. The minimum absolute atomic E-state index is 0.0319. The van der Waals surface area contributed by atoms with Crippen molar-refractivity contribution in [3.63, 3.8) is 0 Å². The highest BCUT2D eigenvalue weighted by Crippen LogP contribution is 2.51. The monoisotopic (exact) mass is 903 g/mol. The summed E-state index contributed by atoms with van der Waals surface area (Å²) in [6.07, 6.45) is 6.22. The smallest absolute Gasteiger partial charge is 0.316 e. The second kappa shape index (κ2) is 18.8. The van der Waals surface area contributed by atoms with Gasteiger partial charge >= 0.3 is 5.97 Å². The molecule has 0 aromatic heterocycles. The number of rotatable bonds is 7. The molecule has 14 nitrogen and oxygen atoms in total. The first kappa shape index (κ1) is 49.8. The Morgan fingerprint density at radius 3 is 2.22 bits per heavy atom. The van der Waals surface area contributed by atoms with Gasteiger partial charge in [-0.1, -0.05) is 58.1 Å². The maximum absolute atomic E-state index is 14.4. The van der Waals surface area contributed by atoms with Gasteiger partial charge in [-0.05, 0) is 89.9 Å². The van der Waals surface area contributed by atoms with Crippen LogP contribution in [-0.2, 0) is 52.2 Å². The van der Waals surface area contributed by atoms with E-state index < -0.39 is 101 Å². The molecule has 0 radical (unpaired) electrons. The number of esters is 1. The van der Waals surface area contributed by atoms with Crippen LogP contribution in [0.15, 0.2) is 47.1 Å². The number of hydrogen-bond acceptors (Lipinski definition) is 14. The zero-order valence-corrected chi connectivity index (χ0v) is 40.5. The van der Waals surface area contributed by atoms with E-state index >= 15 is 0 Å². The van der Waals surface area contributed by atoms with Gasteiger partial charge in [0.1, 0.15) is 42.0 Å². The number of aliphatic hydroxyl groups is 3. The van der Waals surface area contributed by atoms with E-state index in [4.69, 9.17) is 47.4 Å². The summed E-state index contributed by atoms with van der Waals surface area (Å²) in [5.41, 5.74) is -0.322. The minimum atomic E-state index is -1.84. The number of ether oxygens (including phenoxy) is 10. The molecule has 1 aliphatic carbocycles. The van der Waals surface area contributed by atoms with Gasteiger partial charge in [-0.25, -0.2) is 0 Å². The number of allylic oxidation sites excluding steroid dienone is 2. The summed E-state index contributed by atoms with van der Waals surface area (Å²) in [6.45, 7) is 22.2. The van der Waals surface area contributed by atoms with Crippen LogP contribution in [0.2, 0.25) is 0 Å². The van der Waals surface area contributed by atoms with Gasteiger partial charge in [-0.3, -0.25) is 4.79 Å². The van der Waals surface area contributed by atoms with Gasteiger partial charge in [0.2, 0.25) is 0 Å². The quantitative estimate of drug-likeness (QED) is 0.190. The van der Waals surface area contributed by atoms with Crippen molar-refractivity contribution in [2.75, 3.05) is 20.8 Å². The topological polar surface area (TPSA) is 170 Å². The molecular weight excluding hydrogens is 825 g/mol. The van der Waals surface area contributed by atoms with E-state index in [1.807, 2.05) is 32.9 Å². The summed E-state index contributed by atoms with van der Waals surface area (Å²) in [7, 11) is 3.23. The molecule has 5 fully saturated rings. The predicted octanol–water partition coefficient (Wildman–Crippen LogP) is 6.38. The van der Waals surface area contributed by atoms with Crippen LogP contribution < -0.4 is 0 Å². The van der Waals surface area contributed by atoms with Gasteiger partial charge in [-0.15, -0.1) is 0 Å². The van der Waals surface area contributed by atoms with Gasteiger partial charge in [0.15, 0.2) is 17.4 Å². The number of methoxy groups -OCH3 is 2. The molecule has 6 heterocycles. The summed E-state index contributed by atoms with van der Waals surface area (Å²) < 4.78 is 65.2. The molecular formula is C50H78O14. The molecule has 64 heavy (non-hydrogen) atoms. The van der Waals surface area contributed by atoms with E-state index in [1.165, 1.54) is 0 Å². The Bertz CT molecular complexity index is 1810. The van der Waals surface area contributed by atoms with Crippen molar-refractivity contribution in [2.45, 2.75) is 217 Å². The lowest BCUT2D eigenvalue weighted by Crippen LogP contribution is -2.61. The van der Waals surface area contributed by atoms with E-state index in [2.05, 4.69) is 47.6 Å². The van der Waals surface area contributed by atoms with Crippen LogP contribution in [0.1, 0.15) is 121 Å². The van der Waals surface area contributed by atoms with Gasteiger partial charge in [-0.2, -0.15) is 0 Å². The molecule has 14 heteroatoms. The van der Waals surface area contributed by atoms with E-state index in [0.29, 0.717) is 55.6 Å². The molecule has 7 rings (SSSR count). The fourth-order valence-electron chi connectivity index (χ4n) is 11.7. The molecule has 5 saturated heterocycles. The first-order valence-electron chi connectivity index (χ1n) is 23.8. The maximum Gasteiger partial charge on any atom is 0.316 e. The summed E-state index contributed by atoms with van der Waals surface area (Å²) in [5, 5.41) is 34.5. The molecule has 5 unspecified atom stereocenters. The second-order valence-corrected chi connectivity index (χ2v) is 21.0. The van der Waals surface area contributed by atoms with Crippen molar-refractivity contribution in [3.05, 3.63) is 47.1 Å². The molecule has 6 aliphatic heterocycles. The van der Waals surface area contributed by atoms with Crippen molar-refractivity contribution >= 4 is 5.97 Å². The fourth-order valence-corrected chi connectivity index (χ4v) is 11.7. The highest BCUT2D eigenvalue weighted by molar-refractivity contribution is 5.78. The normalized spacial score (nSPS) is 51.3. The molecule has 3 N–H and O–H groups in total. The van der Waals surface area contributed by atoms with Crippen LogP contribution >= 0.6 is 0 Å². The molecule has 362 valence electrons. The average Bonchev–Trinajstić information content (AvgIpc) is 3.57. The fraction of sp³-hybridized carbons (Fsp3) is 0.820. The Hall–Kier alpha value is -2.05. The summed E-state index contributed by atoms with van der Waals surface area (Å²) >= 11 is 0. The van der Waals surface area contributed by atoms with E-state index in [1.54, 1.807) is 40.2 Å². The minimum Gasteiger partial charge on any atom is -0.462 e. The molecule has 0 saturated carbocycles. The van der Waals surface area contributed by atoms with Crippen LogP contribution in [-0.4, -0.2) is 138 Å². The van der Waals surface area contributed by atoms with Gasteiger partial charge < -0.3 is 62.7 Å². The SMILES string of the molecule is CO[C@H]1C[C@](C)(OC2[C@H](C)O[C@@](C)(OC3/C(C)=C/C[C@@H]4CC(C[C@]5(CCC(C)[C@@](C)(C(C)C)O5)O4)OC(=O)[C@@H]4C=C(C)[C@@H](O)[C@H]5OC/C(=C\C=C\[C@@H]3C)[C@]54O)C[C@@H]2OC)O[C@@H](C)C1O. The summed E-state index contributed by atoms with van der Waals surface area (Å²) in [5.74, 6) is -4.54. The van der Waals surface area contributed by atoms with Crippen LogP contribution in [0.4, 0.5) is 0 Å². The van der Waals surface area contributed by atoms with Crippen LogP contribution in [0, 0.1) is 23.7 Å². The van der Waals surface area contributed by atoms with Crippen LogP contribution in [0.3, 0.4) is 0 Å².